The molecule has 2 aliphatic heterocycles. The Balaban J connectivity index is 1.38. The van der Waals surface area contributed by atoms with Crippen LogP contribution in [0.25, 0.3) is 0 Å². The first kappa shape index (κ1) is 20.0. The van der Waals surface area contributed by atoms with Gasteiger partial charge in [-0.1, -0.05) is 42.0 Å². The molecule has 29 heavy (non-hydrogen) atoms. The summed E-state index contributed by atoms with van der Waals surface area (Å²) in [7, 11) is 0. The second-order valence-corrected chi connectivity index (χ2v) is 8.46. The van der Waals surface area contributed by atoms with E-state index in [9.17, 15) is 13.6 Å². The minimum Gasteiger partial charge on any atom is -0.337 e. The lowest BCUT2D eigenvalue weighted by Crippen LogP contribution is -2.49. The van der Waals surface area contributed by atoms with E-state index in [1.54, 1.807) is 17.9 Å². The smallest absolute Gasteiger partial charge is 0.240 e. The number of nitrogens with zero attached hydrogens (tertiary/aromatic N) is 2. The van der Waals surface area contributed by atoms with E-state index in [0.29, 0.717) is 31.6 Å². The Morgan fingerprint density at radius 1 is 1.03 bits per heavy atom. The number of likely N-dealkylation sites (tertiary alicyclic amines) is 2. The fraction of sp³-hybridized carbons (Fsp3) is 0.458. The Kier molecular flexibility index (Phi) is 5.68. The molecule has 4 rings (SSSR count). The molecule has 5 heteroatoms. The highest BCUT2D eigenvalue weighted by Crippen LogP contribution is 2.33. The van der Waals surface area contributed by atoms with Crippen LogP contribution in [0, 0.1) is 19.7 Å². The van der Waals surface area contributed by atoms with Crippen molar-refractivity contribution in [2.24, 2.45) is 0 Å². The van der Waals surface area contributed by atoms with Crippen LogP contribution >= 0.6 is 0 Å². The maximum Gasteiger partial charge on any atom is 0.240 e. The summed E-state index contributed by atoms with van der Waals surface area (Å²) in [5, 5.41) is 0. The molecule has 0 radical (unpaired) electrons. The number of aryl methyl sites for hydroxylation is 2. The summed E-state index contributed by atoms with van der Waals surface area (Å²) in [5.74, 6) is -0.314. The number of piperidine rings is 1. The largest absolute Gasteiger partial charge is 0.337 e. The molecule has 2 aliphatic rings. The summed E-state index contributed by atoms with van der Waals surface area (Å²) in [6.07, 6.45) is 0.450. The van der Waals surface area contributed by atoms with Gasteiger partial charge in [0.2, 0.25) is 5.91 Å². The van der Waals surface area contributed by atoms with E-state index in [0.717, 1.165) is 24.1 Å². The van der Waals surface area contributed by atoms with Gasteiger partial charge < -0.3 is 4.90 Å². The van der Waals surface area contributed by atoms with Gasteiger partial charge in [0.05, 0.1) is 6.04 Å². The third-order valence-corrected chi connectivity index (χ3v) is 6.40. The number of alkyl halides is 1. The van der Waals surface area contributed by atoms with Crippen LogP contribution in [0.4, 0.5) is 8.78 Å². The number of hydrogen-bond acceptors (Lipinski definition) is 2. The summed E-state index contributed by atoms with van der Waals surface area (Å²) in [6.45, 7) is 5.81. The molecule has 0 N–H and O–H groups in total. The number of benzene rings is 2. The molecule has 3 nitrogen and oxygen atoms in total. The van der Waals surface area contributed by atoms with Crippen molar-refractivity contribution in [1.29, 1.82) is 0 Å². The van der Waals surface area contributed by atoms with Crippen LogP contribution in [0.3, 0.4) is 0 Å². The molecular formula is C24H28F2N2O. The van der Waals surface area contributed by atoms with E-state index in [1.165, 1.54) is 11.6 Å². The molecule has 0 aromatic heterocycles. The number of amides is 1. The minimum absolute atomic E-state index is 0.0342. The normalized spacial score (nSPS) is 25.6. The zero-order chi connectivity index (χ0) is 20.5. The van der Waals surface area contributed by atoms with Crippen LogP contribution in [-0.2, 0) is 11.3 Å². The van der Waals surface area contributed by atoms with Gasteiger partial charge in [-0.3, -0.25) is 9.69 Å². The molecule has 1 amide bonds. The highest BCUT2D eigenvalue weighted by Gasteiger charge is 2.40. The lowest BCUT2D eigenvalue weighted by molar-refractivity contribution is -0.133. The van der Waals surface area contributed by atoms with Crippen molar-refractivity contribution >= 4 is 5.91 Å². The Morgan fingerprint density at radius 2 is 1.79 bits per heavy atom. The van der Waals surface area contributed by atoms with Crippen molar-refractivity contribution in [3.05, 3.63) is 70.5 Å². The SMILES string of the molecule is Cc1ccc([C@H]2CCN([C@H]3CCN(Cc4ccc(C)c(F)c4)C3=O)C[C@@H]2F)cc1. The predicted molar refractivity (Wildman–Crippen MR) is 110 cm³/mol. The highest BCUT2D eigenvalue weighted by atomic mass is 19.1. The quantitative estimate of drug-likeness (QED) is 0.764. The van der Waals surface area contributed by atoms with Gasteiger partial charge in [0.25, 0.3) is 0 Å². The maximum absolute atomic E-state index is 15.0. The number of halogens is 2. The molecule has 2 aromatic rings. The Hall–Kier alpha value is -2.27. The fourth-order valence-corrected chi connectivity index (χ4v) is 4.57. The third kappa shape index (κ3) is 4.20. The van der Waals surface area contributed by atoms with Crippen LogP contribution in [0.15, 0.2) is 42.5 Å². The van der Waals surface area contributed by atoms with E-state index >= 15 is 0 Å². The molecule has 0 spiro atoms. The first-order valence-electron chi connectivity index (χ1n) is 10.4. The fourth-order valence-electron chi connectivity index (χ4n) is 4.57. The molecule has 0 unspecified atom stereocenters. The Labute approximate surface area is 171 Å². The van der Waals surface area contributed by atoms with Crippen molar-refractivity contribution < 1.29 is 13.6 Å². The summed E-state index contributed by atoms with van der Waals surface area (Å²) in [5.41, 5.74) is 3.61. The zero-order valence-corrected chi connectivity index (χ0v) is 17.1. The lowest BCUT2D eigenvalue weighted by Gasteiger charge is -2.37. The predicted octanol–water partition coefficient (Wildman–Crippen LogP) is 4.37. The van der Waals surface area contributed by atoms with Gasteiger partial charge in [0.15, 0.2) is 0 Å². The summed E-state index contributed by atoms with van der Waals surface area (Å²) >= 11 is 0. The monoisotopic (exact) mass is 398 g/mol. The van der Waals surface area contributed by atoms with Gasteiger partial charge in [-0.25, -0.2) is 8.78 Å². The molecule has 2 fully saturated rings. The average molecular weight is 398 g/mol. The molecule has 3 atom stereocenters. The first-order valence-corrected chi connectivity index (χ1v) is 10.4. The second kappa shape index (κ2) is 8.23. The topological polar surface area (TPSA) is 23.6 Å². The molecule has 0 bridgehead atoms. The summed E-state index contributed by atoms with van der Waals surface area (Å²) in [6, 6.07) is 12.9. The van der Waals surface area contributed by atoms with Gasteiger partial charge in [0.1, 0.15) is 12.0 Å². The van der Waals surface area contributed by atoms with E-state index in [1.807, 2.05) is 42.2 Å². The van der Waals surface area contributed by atoms with Crippen molar-refractivity contribution in [3.8, 4) is 0 Å². The van der Waals surface area contributed by atoms with Gasteiger partial charge in [-0.15, -0.1) is 0 Å². The third-order valence-electron chi connectivity index (χ3n) is 6.40. The van der Waals surface area contributed by atoms with Gasteiger partial charge >= 0.3 is 0 Å². The van der Waals surface area contributed by atoms with E-state index in [4.69, 9.17) is 0 Å². The van der Waals surface area contributed by atoms with E-state index in [-0.39, 0.29) is 23.7 Å². The standard InChI is InChI=1S/C24H28F2N2O/c1-16-3-7-19(8-4-16)20-9-11-27(15-22(20)26)23-10-12-28(24(23)29)14-18-6-5-17(2)21(25)13-18/h3-8,13,20,22-23H,9-12,14-15H2,1-2H3/t20-,22+,23+/m1/s1. The molecule has 0 aliphatic carbocycles. The number of carbonyl (C=O) groups excluding carboxylic acids is 1. The number of hydrogen-bond donors (Lipinski definition) is 0. The summed E-state index contributed by atoms with van der Waals surface area (Å²) in [4.78, 5) is 16.7. The molecule has 2 heterocycles. The van der Waals surface area contributed by atoms with Crippen LogP contribution in [0.2, 0.25) is 0 Å². The van der Waals surface area contributed by atoms with Gasteiger partial charge in [-0.05, 0) is 56.0 Å². The molecule has 2 aromatic carbocycles. The highest BCUT2D eigenvalue weighted by molar-refractivity contribution is 5.84. The lowest BCUT2D eigenvalue weighted by atomic mass is 9.87. The second-order valence-electron chi connectivity index (χ2n) is 8.46. The van der Waals surface area contributed by atoms with Crippen molar-refractivity contribution in [1.82, 2.24) is 9.80 Å². The van der Waals surface area contributed by atoms with Crippen LogP contribution in [0.5, 0.6) is 0 Å². The Morgan fingerprint density at radius 3 is 2.48 bits per heavy atom. The average Bonchev–Trinajstić information content (AvgIpc) is 3.06. The number of rotatable bonds is 4. The molecule has 0 saturated carbocycles. The first-order chi connectivity index (χ1) is 13.9. The van der Waals surface area contributed by atoms with Crippen LogP contribution < -0.4 is 0 Å². The maximum atomic E-state index is 15.0. The van der Waals surface area contributed by atoms with Crippen LogP contribution in [-0.4, -0.2) is 47.6 Å². The summed E-state index contributed by atoms with van der Waals surface area (Å²) < 4.78 is 28.8. The van der Waals surface area contributed by atoms with Crippen molar-refractivity contribution in [3.63, 3.8) is 0 Å². The Bertz CT molecular complexity index is 883. The number of carbonyl (C=O) groups is 1. The van der Waals surface area contributed by atoms with Gasteiger partial charge in [-0.2, -0.15) is 0 Å². The zero-order valence-electron chi connectivity index (χ0n) is 17.1. The van der Waals surface area contributed by atoms with Crippen LogP contribution in [0.1, 0.15) is 41.0 Å². The molecule has 154 valence electrons. The van der Waals surface area contributed by atoms with E-state index in [2.05, 4.69) is 0 Å². The molecular weight excluding hydrogens is 370 g/mol. The van der Waals surface area contributed by atoms with Crippen molar-refractivity contribution in [2.75, 3.05) is 19.6 Å². The van der Waals surface area contributed by atoms with E-state index < -0.39 is 6.17 Å². The van der Waals surface area contributed by atoms with Gasteiger partial charge in [0, 0.05) is 25.6 Å². The van der Waals surface area contributed by atoms with Crippen molar-refractivity contribution in [2.45, 2.75) is 51.4 Å². The minimum atomic E-state index is -0.973. The molecule has 2 saturated heterocycles.